The lowest BCUT2D eigenvalue weighted by Gasteiger charge is -2.17. The zero-order chi connectivity index (χ0) is 9.68. The van der Waals surface area contributed by atoms with E-state index < -0.39 is 0 Å². The number of aliphatic hydroxyl groups is 1. The minimum atomic E-state index is -0.135. The number of aliphatic hydroxyl groups excluding tert-OH is 1. The van der Waals surface area contributed by atoms with Gasteiger partial charge in [-0.05, 0) is 32.4 Å². The van der Waals surface area contributed by atoms with E-state index >= 15 is 0 Å². The van der Waals surface area contributed by atoms with Gasteiger partial charge in [-0.1, -0.05) is 6.92 Å². The maximum Gasteiger partial charge on any atom is 0.0552 e. The second-order valence-electron chi connectivity index (χ2n) is 3.94. The van der Waals surface area contributed by atoms with E-state index in [2.05, 4.69) is 17.1 Å². The summed E-state index contributed by atoms with van der Waals surface area (Å²) >= 11 is 0. The molecule has 1 aliphatic rings. The van der Waals surface area contributed by atoms with Crippen LogP contribution in [0.25, 0.3) is 0 Å². The summed E-state index contributed by atoms with van der Waals surface area (Å²) in [5, 5.41) is 12.7. The molecule has 2 unspecified atom stereocenters. The Balaban J connectivity index is 2.10. The third kappa shape index (κ3) is 3.63. The van der Waals surface area contributed by atoms with E-state index in [1.165, 1.54) is 0 Å². The molecule has 1 aliphatic heterocycles. The lowest BCUT2D eigenvalue weighted by molar-refractivity contribution is 0.128. The molecule has 3 nitrogen and oxygen atoms in total. The van der Waals surface area contributed by atoms with Gasteiger partial charge in [0.25, 0.3) is 0 Å². The van der Waals surface area contributed by atoms with Gasteiger partial charge in [-0.3, -0.25) is 0 Å². The third-order valence-electron chi connectivity index (χ3n) is 2.85. The normalized spacial score (nSPS) is 26.5. The molecule has 2 atom stereocenters. The summed E-state index contributed by atoms with van der Waals surface area (Å²) in [5.74, 6) is 0.502. The van der Waals surface area contributed by atoms with Crippen molar-refractivity contribution in [2.45, 2.75) is 26.4 Å². The quantitative estimate of drug-likeness (QED) is 0.606. The predicted molar refractivity (Wildman–Crippen MR) is 54.8 cm³/mol. The third-order valence-corrected chi connectivity index (χ3v) is 2.85. The Morgan fingerprint density at radius 3 is 2.92 bits per heavy atom. The average Bonchev–Trinajstić information content (AvgIpc) is 2.53. The van der Waals surface area contributed by atoms with Gasteiger partial charge in [-0.2, -0.15) is 0 Å². The largest absolute Gasteiger partial charge is 0.393 e. The number of likely N-dealkylation sites (N-methyl/N-ethyl adjacent to an activating group) is 1. The van der Waals surface area contributed by atoms with Gasteiger partial charge in [0.1, 0.15) is 0 Å². The Kier molecular flexibility index (Phi) is 4.70. The summed E-state index contributed by atoms with van der Waals surface area (Å²) in [6.45, 7) is 9.50. The van der Waals surface area contributed by atoms with E-state index in [4.69, 9.17) is 0 Å². The summed E-state index contributed by atoms with van der Waals surface area (Å²) < 4.78 is 0. The molecule has 0 saturated carbocycles. The van der Waals surface area contributed by atoms with Crippen LogP contribution in [0.2, 0.25) is 0 Å². The minimum Gasteiger partial charge on any atom is -0.393 e. The molecule has 0 amide bonds. The first-order valence-electron chi connectivity index (χ1n) is 5.35. The van der Waals surface area contributed by atoms with Gasteiger partial charge in [-0.15, -0.1) is 0 Å². The molecule has 1 heterocycles. The number of rotatable bonds is 5. The Morgan fingerprint density at radius 2 is 2.38 bits per heavy atom. The molecule has 13 heavy (non-hydrogen) atoms. The van der Waals surface area contributed by atoms with E-state index in [-0.39, 0.29) is 6.10 Å². The van der Waals surface area contributed by atoms with Crippen LogP contribution in [0.5, 0.6) is 0 Å². The maximum absolute atomic E-state index is 9.40. The van der Waals surface area contributed by atoms with Crippen molar-refractivity contribution < 1.29 is 5.11 Å². The second-order valence-corrected chi connectivity index (χ2v) is 3.94. The first kappa shape index (κ1) is 11.0. The average molecular weight is 186 g/mol. The molecule has 2 N–H and O–H groups in total. The molecule has 0 radical (unpaired) electrons. The SMILES string of the molecule is CCNCCN1CCC(C(C)O)C1. The van der Waals surface area contributed by atoms with Gasteiger partial charge >= 0.3 is 0 Å². The van der Waals surface area contributed by atoms with Gasteiger partial charge in [0.15, 0.2) is 0 Å². The van der Waals surface area contributed by atoms with Gasteiger partial charge in [0.2, 0.25) is 0 Å². The number of hydrogen-bond donors (Lipinski definition) is 2. The highest BCUT2D eigenvalue weighted by Crippen LogP contribution is 2.18. The maximum atomic E-state index is 9.40. The summed E-state index contributed by atoms with van der Waals surface area (Å²) in [4.78, 5) is 2.43. The molecule has 0 bridgehead atoms. The summed E-state index contributed by atoms with van der Waals surface area (Å²) in [6, 6.07) is 0. The Labute approximate surface area is 81.1 Å². The van der Waals surface area contributed by atoms with Crippen LogP contribution >= 0.6 is 0 Å². The molecule has 0 spiro atoms. The lowest BCUT2D eigenvalue weighted by Crippen LogP contribution is -2.31. The zero-order valence-corrected chi connectivity index (χ0v) is 8.79. The van der Waals surface area contributed by atoms with Gasteiger partial charge in [0, 0.05) is 19.6 Å². The van der Waals surface area contributed by atoms with Crippen molar-refractivity contribution in [3.8, 4) is 0 Å². The van der Waals surface area contributed by atoms with E-state index in [1.807, 2.05) is 6.92 Å². The Morgan fingerprint density at radius 1 is 1.62 bits per heavy atom. The molecular weight excluding hydrogens is 164 g/mol. The summed E-state index contributed by atoms with van der Waals surface area (Å²) in [6.07, 6.45) is 1.02. The molecule has 0 aliphatic carbocycles. The van der Waals surface area contributed by atoms with Crippen LogP contribution in [-0.4, -0.2) is 48.8 Å². The van der Waals surface area contributed by atoms with E-state index in [0.717, 1.165) is 39.1 Å². The van der Waals surface area contributed by atoms with Gasteiger partial charge in [0.05, 0.1) is 6.10 Å². The van der Waals surface area contributed by atoms with Crippen molar-refractivity contribution in [2.24, 2.45) is 5.92 Å². The number of hydrogen-bond acceptors (Lipinski definition) is 3. The molecule has 1 fully saturated rings. The first-order valence-corrected chi connectivity index (χ1v) is 5.35. The Hall–Kier alpha value is -0.120. The van der Waals surface area contributed by atoms with Crippen LogP contribution in [0.15, 0.2) is 0 Å². The topological polar surface area (TPSA) is 35.5 Å². The highest BCUT2D eigenvalue weighted by atomic mass is 16.3. The number of nitrogens with one attached hydrogen (secondary N) is 1. The molecule has 0 aromatic rings. The minimum absolute atomic E-state index is 0.135. The summed E-state index contributed by atoms with van der Waals surface area (Å²) in [7, 11) is 0. The van der Waals surface area contributed by atoms with Crippen LogP contribution < -0.4 is 5.32 Å². The molecule has 78 valence electrons. The highest BCUT2D eigenvalue weighted by Gasteiger charge is 2.25. The van der Waals surface area contributed by atoms with Crippen LogP contribution in [0.3, 0.4) is 0 Å². The first-order chi connectivity index (χ1) is 6.24. The van der Waals surface area contributed by atoms with Crippen molar-refractivity contribution in [1.82, 2.24) is 10.2 Å². The van der Waals surface area contributed by atoms with E-state index in [1.54, 1.807) is 0 Å². The van der Waals surface area contributed by atoms with Crippen molar-refractivity contribution in [1.29, 1.82) is 0 Å². The lowest BCUT2D eigenvalue weighted by atomic mass is 10.0. The van der Waals surface area contributed by atoms with Crippen molar-refractivity contribution in [3.63, 3.8) is 0 Å². The molecule has 0 aromatic heterocycles. The van der Waals surface area contributed by atoms with Gasteiger partial charge < -0.3 is 15.3 Å². The molecule has 1 rings (SSSR count). The van der Waals surface area contributed by atoms with E-state index in [0.29, 0.717) is 5.92 Å². The van der Waals surface area contributed by atoms with Crippen molar-refractivity contribution in [2.75, 3.05) is 32.7 Å². The molecular formula is C10H22N2O. The molecule has 0 aromatic carbocycles. The van der Waals surface area contributed by atoms with Crippen LogP contribution in [0, 0.1) is 5.92 Å². The Bertz CT molecular complexity index is 139. The highest BCUT2D eigenvalue weighted by molar-refractivity contribution is 4.78. The van der Waals surface area contributed by atoms with Crippen LogP contribution in [-0.2, 0) is 0 Å². The van der Waals surface area contributed by atoms with E-state index in [9.17, 15) is 5.11 Å². The van der Waals surface area contributed by atoms with Crippen LogP contribution in [0.4, 0.5) is 0 Å². The fraction of sp³-hybridized carbons (Fsp3) is 1.00. The number of likely N-dealkylation sites (tertiary alicyclic amines) is 1. The van der Waals surface area contributed by atoms with Crippen molar-refractivity contribution in [3.05, 3.63) is 0 Å². The smallest absolute Gasteiger partial charge is 0.0552 e. The second kappa shape index (κ2) is 5.58. The zero-order valence-electron chi connectivity index (χ0n) is 8.79. The summed E-state index contributed by atoms with van der Waals surface area (Å²) in [5.41, 5.74) is 0. The number of nitrogens with zero attached hydrogens (tertiary/aromatic N) is 1. The fourth-order valence-electron chi connectivity index (χ4n) is 1.87. The predicted octanol–water partition coefficient (Wildman–Crippen LogP) is 0.299. The molecule has 1 saturated heterocycles. The fourth-order valence-corrected chi connectivity index (χ4v) is 1.87. The van der Waals surface area contributed by atoms with Crippen molar-refractivity contribution >= 4 is 0 Å². The van der Waals surface area contributed by atoms with Gasteiger partial charge in [-0.25, -0.2) is 0 Å². The standard InChI is InChI=1S/C10H22N2O/c1-3-11-5-7-12-6-4-10(8-12)9(2)13/h9-11,13H,3-8H2,1-2H3. The van der Waals surface area contributed by atoms with Crippen LogP contribution in [0.1, 0.15) is 20.3 Å². The monoisotopic (exact) mass is 186 g/mol. The molecule has 3 heteroatoms.